The number of hydrogen-bond acceptors (Lipinski definition) is 17. The quantitative estimate of drug-likeness (QED) is 0.124. The van der Waals surface area contributed by atoms with Gasteiger partial charge in [-0.25, -0.2) is 0 Å². The Kier molecular flexibility index (Phi) is 8.98. The van der Waals surface area contributed by atoms with Gasteiger partial charge in [-0.15, -0.1) is 0 Å². The number of aromatic hydroxyl groups is 8. The molecule has 14 N–H and O–H groups in total. The lowest BCUT2D eigenvalue weighted by atomic mass is 9.76. The summed E-state index contributed by atoms with van der Waals surface area (Å²) >= 11 is 0. The van der Waals surface area contributed by atoms with Crippen molar-refractivity contribution in [2.24, 2.45) is 0 Å². The van der Waals surface area contributed by atoms with Gasteiger partial charge in [-0.05, 0) is 35.4 Å². The van der Waals surface area contributed by atoms with Crippen LogP contribution in [0.1, 0.15) is 57.6 Å². The molecule has 17 nitrogen and oxygen atoms in total. The molecule has 53 heavy (non-hydrogen) atoms. The van der Waals surface area contributed by atoms with Crippen LogP contribution in [-0.2, 0) is 11.2 Å². The van der Waals surface area contributed by atoms with Crippen molar-refractivity contribution in [3.63, 3.8) is 0 Å². The topological polar surface area (TPSA) is 311 Å². The molecule has 0 unspecified atom stereocenters. The zero-order chi connectivity index (χ0) is 38.2. The van der Waals surface area contributed by atoms with E-state index in [0.29, 0.717) is 0 Å². The molecule has 10 atom stereocenters. The molecule has 0 bridgehead atoms. The monoisotopic (exact) mass is 740 g/mol. The van der Waals surface area contributed by atoms with Gasteiger partial charge in [0.25, 0.3) is 0 Å². The minimum Gasteiger partial charge on any atom is -0.507 e. The summed E-state index contributed by atoms with van der Waals surface area (Å²) in [6.07, 6.45) is -15.3. The Morgan fingerprint density at radius 2 is 1.02 bits per heavy atom. The first-order chi connectivity index (χ1) is 25.1. The van der Waals surface area contributed by atoms with Crippen molar-refractivity contribution in [3.8, 4) is 57.5 Å². The van der Waals surface area contributed by atoms with Crippen LogP contribution in [0.25, 0.3) is 0 Å². The van der Waals surface area contributed by atoms with Crippen LogP contribution < -0.4 is 9.47 Å². The standard InChI is InChI=1S/C36H36O17/c37-10-23-28(47)30(49)31(50)36(51-23)26-21(45)9-20(44)25-27(29(48)33(53-35(25)26)12-2-4-15(39)18(42)6-12)24-19(43)8-16(40)13-7-22(46)32(52-34(13)24)11-1-3-14(38)17(41)5-11/h1-6,8-9,22-23,27-33,36-50H,7,10H2/t22-,23+,27+,28+,29+,30-,31+,32-,33+,36-/m0/s1. The van der Waals surface area contributed by atoms with Gasteiger partial charge in [0.15, 0.2) is 29.1 Å². The second kappa shape index (κ2) is 13.2. The molecule has 3 aliphatic heterocycles. The maximum Gasteiger partial charge on any atom is 0.157 e. The van der Waals surface area contributed by atoms with Crippen molar-refractivity contribution < 1.29 is 85.7 Å². The van der Waals surface area contributed by atoms with Crippen LogP contribution in [0.5, 0.6) is 57.5 Å². The van der Waals surface area contributed by atoms with E-state index in [1.807, 2.05) is 0 Å². The number of fused-ring (bicyclic) bond motifs is 2. The van der Waals surface area contributed by atoms with Gasteiger partial charge < -0.3 is 85.7 Å². The van der Waals surface area contributed by atoms with E-state index in [2.05, 4.69) is 0 Å². The van der Waals surface area contributed by atoms with Gasteiger partial charge in [0.05, 0.1) is 24.2 Å². The third-order valence-corrected chi connectivity index (χ3v) is 10.1. The lowest BCUT2D eigenvalue weighted by molar-refractivity contribution is -0.232. The van der Waals surface area contributed by atoms with E-state index >= 15 is 0 Å². The lowest BCUT2D eigenvalue weighted by Gasteiger charge is -2.44. The molecule has 4 aromatic rings. The highest BCUT2D eigenvalue weighted by molar-refractivity contribution is 5.68. The Bertz CT molecular complexity index is 2070. The molecular formula is C36H36O17. The fraction of sp³-hybridized carbons (Fsp3) is 0.333. The molecule has 3 aliphatic rings. The van der Waals surface area contributed by atoms with Crippen LogP contribution in [0.15, 0.2) is 48.5 Å². The molecule has 0 amide bonds. The van der Waals surface area contributed by atoms with Crippen molar-refractivity contribution in [1.29, 1.82) is 0 Å². The maximum atomic E-state index is 12.2. The summed E-state index contributed by atoms with van der Waals surface area (Å²) in [5.74, 6) is -7.29. The van der Waals surface area contributed by atoms with Crippen LogP contribution in [0, 0.1) is 0 Å². The number of phenols is 8. The summed E-state index contributed by atoms with van der Waals surface area (Å²) in [7, 11) is 0. The maximum absolute atomic E-state index is 12.2. The van der Waals surface area contributed by atoms with Gasteiger partial charge in [0.1, 0.15) is 77.2 Å². The number of benzene rings is 4. The Hall–Kier alpha value is -5.40. The number of aliphatic hydroxyl groups is 6. The van der Waals surface area contributed by atoms with E-state index in [1.54, 1.807) is 0 Å². The van der Waals surface area contributed by atoms with Gasteiger partial charge in [-0.2, -0.15) is 0 Å². The highest BCUT2D eigenvalue weighted by atomic mass is 16.6. The van der Waals surface area contributed by atoms with Crippen LogP contribution in [0.2, 0.25) is 0 Å². The third kappa shape index (κ3) is 5.78. The van der Waals surface area contributed by atoms with E-state index in [-0.39, 0.29) is 40.0 Å². The SMILES string of the molecule is OC[C@H]1O[C@@H](c2c(O)cc(O)c3c2O[C@H](c2ccc(O)c(O)c2)[C@H](O)[C@@H]3c2c(O)cc(O)c3c2O[C@@H](c2ccc(O)c(O)c2)[C@@H](O)C3)[C@H](O)[C@@H](O)[C@@H]1O. The average molecular weight is 741 g/mol. The van der Waals surface area contributed by atoms with Crippen LogP contribution in [0.4, 0.5) is 0 Å². The molecule has 17 heteroatoms. The fourth-order valence-electron chi connectivity index (χ4n) is 7.40. The van der Waals surface area contributed by atoms with Crippen molar-refractivity contribution >= 4 is 0 Å². The van der Waals surface area contributed by atoms with Crippen LogP contribution in [-0.4, -0.2) is 115 Å². The van der Waals surface area contributed by atoms with Gasteiger partial charge in [-0.3, -0.25) is 0 Å². The second-order valence-corrected chi connectivity index (χ2v) is 13.3. The summed E-state index contributed by atoms with van der Waals surface area (Å²) in [5, 5.41) is 151. The second-order valence-electron chi connectivity index (χ2n) is 13.3. The van der Waals surface area contributed by atoms with Gasteiger partial charge >= 0.3 is 0 Å². The van der Waals surface area contributed by atoms with Crippen molar-refractivity contribution in [3.05, 3.63) is 81.9 Å². The molecule has 4 aromatic carbocycles. The molecule has 282 valence electrons. The first-order valence-corrected chi connectivity index (χ1v) is 16.3. The van der Waals surface area contributed by atoms with Gasteiger partial charge in [-0.1, -0.05) is 12.1 Å². The number of ether oxygens (including phenoxy) is 3. The van der Waals surface area contributed by atoms with Crippen molar-refractivity contribution in [2.75, 3.05) is 6.61 Å². The summed E-state index contributed by atoms with van der Waals surface area (Å²) in [5.41, 5.74) is -0.944. The Morgan fingerprint density at radius 1 is 0.491 bits per heavy atom. The molecular weight excluding hydrogens is 704 g/mol. The number of aliphatic hydroxyl groups excluding tert-OH is 6. The van der Waals surface area contributed by atoms with E-state index in [0.717, 1.165) is 36.4 Å². The highest BCUT2D eigenvalue weighted by Crippen LogP contribution is 2.60. The van der Waals surface area contributed by atoms with E-state index < -0.39 is 125 Å². The first-order valence-electron chi connectivity index (χ1n) is 16.3. The third-order valence-electron chi connectivity index (χ3n) is 10.1. The summed E-state index contributed by atoms with van der Waals surface area (Å²) in [6, 6.07) is 8.76. The largest absolute Gasteiger partial charge is 0.507 e. The summed E-state index contributed by atoms with van der Waals surface area (Å²) in [6.45, 7) is -0.837. The minimum atomic E-state index is -1.97. The molecule has 0 aromatic heterocycles. The molecule has 0 aliphatic carbocycles. The molecule has 1 saturated heterocycles. The van der Waals surface area contributed by atoms with E-state index in [9.17, 15) is 71.5 Å². The van der Waals surface area contributed by atoms with Crippen molar-refractivity contribution in [2.45, 2.75) is 67.3 Å². The molecule has 0 radical (unpaired) electrons. The summed E-state index contributed by atoms with van der Waals surface area (Å²) in [4.78, 5) is 0. The predicted octanol–water partition coefficient (Wildman–Crippen LogP) is 0.510. The van der Waals surface area contributed by atoms with E-state index in [4.69, 9.17) is 14.2 Å². The highest BCUT2D eigenvalue weighted by Gasteiger charge is 2.51. The molecule has 7 rings (SSSR count). The Labute approximate surface area is 298 Å². The normalized spacial score (nSPS) is 29.4. The van der Waals surface area contributed by atoms with Crippen molar-refractivity contribution in [1.82, 2.24) is 0 Å². The van der Waals surface area contributed by atoms with Gasteiger partial charge in [0.2, 0.25) is 0 Å². The van der Waals surface area contributed by atoms with Crippen LogP contribution >= 0.6 is 0 Å². The number of hydrogen-bond donors (Lipinski definition) is 14. The Morgan fingerprint density at radius 3 is 1.60 bits per heavy atom. The smallest absolute Gasteiger partial charge is 0.157 e. The Balaban J connectivity index is 1.48. The first kappa shape index (κ1) is 36.0. The van der Waals surface area contributed by atoms with Crippen LogP contribution in [0.3, 0.4) is 0 Å². The predicted molar refractivity (Wildman–Crippen MR) is 176 cm³/mol. The molecule has 1 fully saturated rings. The molecule has 0 spiro atoms. The molecule has 3 heterocycles. The fourth-order valence-corrected chi connectivity index (χ4v) is 7.40. The zero-order valence-electron chi connectivity index (χ0n) is 27.3. The average Bonchev–Trinajstić information content (AvgIpc) is 3.11. The lowest BCUT2D eigenvalue weighted by Crippen LogP contribution is -2.55. The van der Waals surface area contributed by atoms with Gasteiger partial charge in [0, 0.05) is 35.2 Å². The van der Waals surface area contributed by atoms with E-state index in [1.165, 1.54) is 12.1 Å². The molecule has 0 saturated carbocycles. The minimum absolute atomic E-state index is 0.00644. The number of rotatable bonds is 5. The number of phenolic OH excluding ortho intramolecular Hbond substituents is 8. The summed E-state index contributed by atoms with van der Waals surface area (Å²) < 4.78 is 18.2. The zero-order valence-corrected chi connectivity index (χ0v) is 27.3.